The van der Waals surface area contributed by atoms with Gasteiger partial charge in [-0.25, -0.2) is 0 Å². The van der Waals surface area contributed by atoms with E-state index in [9.17, 15) is 4.79 Å². The van der Waals surface area contributed by atoms with Crippen molar-refractivity contribution >= 4 is 11.7 Å². The third-order valence-electron chi connectivity index (χ3n) is 5.98. The molecule has 0 radical (unpaired) electrons. The lowest BCUT2D eigenvalue weighted by atomic mass is 9.97. The van der Waals surface area contributed by atoms with Gasteiger partial charge in [-0.15, -0.1) is 0 Å². The topological polar surface area (TPSA) is 49.8 Å². The fourth-order valence-corrected chi connectivity index (χ4v) is 4.44. The molecular weight excluding hydrogens is 386 g/mol. The summed E-state index contributed by atoms with van der Waals surface area (Å²) in [4.78, 5) is 13.3. The number of carboxylic acids is 1. The molecule has 0 saturated carbocycles. The van der Waals surface area contributed by atoms with Crippen LogP contribution in [0.5, 0.6) is 5.75 Å². The number of anilines is 1. The second-order valence-electron chi connectivity index (χ2n) is 8.39. The maximum absolute atomic E-state index is 11.1. The minimum absolute atomic E-state index is 0.0826. The van der Waals surface area contributed by atoms with Crippen molar-refractivity contribution in [2.45, 2.75) is 45.8 Å². The van der Waals surface area contributed by atoms with Gasteiger partial charge in [-0.2, -0.15) is 0 Å². The largest absolute Gasteiger partial charge is 0.489 e. The molecule has 4 nitrogen and oxygen atoms in total. The summed E-state index contributed by atoms with van der Waals surface area (Å²) in [5.74, 6) is 0.0821. The molecular formula is C27H29NO3. The van der Waals surface area contributed by atoms with E-state index in [1.165, 1.54) is 22.3 Å². The van der Waals surface area contributed by atoms with E-state index in [2.05, 4.69) is 61.2 Å². The molecule has 1 unspecified atom stereocenters. The number of aryl methyl sites for hydroxylation is 2. The molecule has 3 aromatic carbocycles. The summed E-state index contributed by atoms with van der Waals surface area (Å²) in [6.45, 7) is 5.67. The van der Waals surface area contributed by atoms with Crippen LogP contribution in [-0.2, 0) is 11.4 Å². The van der Waals surface area contributed by atoms with Crippen molar-refractivity contribution in [2.24, 2.45) is 0 Å². The molecule has 1 atom stereocenters. The molecule has 0 amide bonds. The zero-order chi connectivity index (χ0) is 21.8. The first-order chi connectivity index (χ1) is 15.0. The lowest BCUT2D eigenvalue weighted by molar-refractivity contribution is -0.137. The van der Waals surface area contributed by atoms with Crippen LogP contribution >= 0.6 is 0 Å². The van der Waals surface area contributed by atoms with E-state index >= 15 is 0 Å². The van der Waals surface area contributed by atoms with Crippen LogP contribution in [0.1, 0.15) is 36.0 Å². The SMILES string of the molecule is Cc1cccc(-c2ccc(COc3ccc(N4CCCC4CC(=O)O)cc3)cc2C)c1. The van der Waals surface area contributed by atoms with Crippen LogP contribution in [0, 0.1) is 13.8 Å². The van der Waals surface area contributed by atoms with Crippen molar-refractivity contribution in [2.75, 3.05) is 11.4 Å². The zero-order valence-corrected chi connectivity index (χ0v) is 18.2. The molecule has 0 bridgehead atoms. The first kappa shape index (κ1) is 21.0. The summed E-state index contributed by atoms with van der Waals surface area (Å²) in [5.41, 5.74) is 7.19. The molecule has 31 heavy (non-hydrogen) atoms. The maximum Gasteiger partial charge on any atom is 0.305 e. The van der Waals surface area contributed by atoms with Crippen LogP contribution < -0.4 is 9.64 Å². The zero-order valence-electron chi connectivity index (χ0n) is 18.2. The number of aliphatic carboxylic acids is 1. The average Bonchev–Trinajstić information content (AvgIpc) is 3.20. The van der Waals surface area contributed by atoms with Gasteiger partial charge in [0.05, 0.1) is 6.42 Å². The normalized spacial score (nSPS) is 15.8. The molecule has 1 aliphatic rings. The number of ether oxygens (including phenoxy) is 1. The summed E-state index contributed by atoms with van der Waals surface area (Å²) in [5, 5.41) is 9.13. The predicted molar refractivity (Wildman–Crippen MR) is 125 cm³/mol. The summed E-state index contributed by atoms with van der Waals surface area (Å²) in [6, 6.07) is 23.1. The highest BCUT2D eigenvalue weighted by molar-refractivity contribution is 5.69. The number of hydrogen-bond donors (Lipinski definition) is 1. The maximum atomic E-state index is 11.1. The highest BCUT2D eigenvalue weighted by atomic mass is 16.5. The monoisotopic (exact) mass is 415 g/mol. The molecule has 1 heterocycles. The average molecular weight is 416 g/mol. The Morgan fingerprint density at radius 3 is 2.58 bits per heavy atom. The van der Waals surface area contributed by atoms with Crippen molar-refractivity contribution in [1.29, 1.82) is 0 Å². The van der Waals surface area contributed by atoms with Gasteiger partial charge in [0.2, 0.25) is 0 Å². The molecule has 1 N–H and O–H groups in total. The Bertz CT molecular complexity index is 1060. The smallest absolute Gasteiger partial charge is 0.305 e. The van der Waals surface area contributed by atoms with E-state index in [-0.39, 0.29) is 12.5 Å². The minimum atomic E-state index is -0.736. The van der Waals surface area contributed by atoms with E-state index in [0.29, 0.717) is 6.61 Å². The van der Waals surface area contributed by atoms with Gasteiger partial charge in [-0.05, 0) is 73.2 Å². The molecule has 0 aromatic heterocycles. The Morgan fingerprint density at radius 1 is 1.06 bits per heavy atom. The van der Waals surface area contributed by atoms with Crippen LogP contribution in [-0.4, -0.2) is 23.7 Å². The molecule has 1 saturated heterocycles. The van der Waals surface area contributed by atoms with Gasteiger partial charge in [0.1, 0.15) is 12.4 Å². The molecule has 0 spiro atoms. The van der Waals surface area contributed by atoms with Crippen LogP contribution in [0.2, 0.25) is 0 Å². The Labute approximate surface area is 184 Å². The van der Waals surface area contributed by atoms with Gasteiger partial charge in [0, 0.05) is 18.3 Å². The van der Waals surface area contributed by atoms with Crippen molar-refractivity contribution in [3.63, 3.8) is 0 Å². The number of benzene rings is 3. The van der Waals surface area contributed by atoms with E-state index < -0.39 is 5.97 Å². The van der Waals surface area contributed by atoms with Gasteiger partial charge < -0.3 is 14.7 Å². The third kappa shape index (κ3) is 5.08. The predicted octanol–water partition coefficient (Wildman–Crippen LogP) is 5.99. The first-order valence-electron chi connectivity index (χ1n) is 10.9. The van der Waals surface area contributed by atoms with Crippen LogP contribution in [0.3, 0.4) is 0 Å². The van der Waals surface area contributed by atoms with E-state index in [1.807, 2.05) is 24.3 Å². The fourth-order valence-electron chi connectivity index (χ4n) is 4.44. The number of carboxylic acid groups (broad SMARTS) is 1. The molecule has 3 aromatic rings. The number of carbonyl (C=O) groups is 1. The molecule has 1 aliphatic heterocycles. The Kier molecular flexibility index (Phi) is 6.26. The second-order valence-corrected chi connectivity index (χ2v) is 8.39. The van der Waals surface area contributed by atoms with Gasteiger partial charge >= 0.3 is 5.97 Å². The van der Waals surface area contributed by atoms with Gasteiger partial charge in [-0.3, -0.25) is 4.79 Å². The van der Waals surface area contributed by atoms with E-state index in [0.717, 1.165) is 36.4 Å². The van der Waals surface area contributed by atoms with Crippen LogP contribution in [0.4, 0.5) is 5.69 Å². The number of nitrogens with zero attached hydrogens (tertiary/aromatic N) is 1. The van der Waals surface area contributed by atoms with Crippen LogP contribution in [0.25, 0.3) is 11.1 Å². The van der Waals surface area contributed by atoms with Crippen molar-refractivity contribution in [1.82, 2.24) is 0 Å². The lowest BCUT2D eigenvalue weighted by Gasteiger charge is -2.25. The first-order valence-corrected chi connectivity index (χ1v) is 10.9. The van der Waals surface area contributed by atoms with Crippen molar-refractivity contribution < 1.29 is 14.6 Å². The quantitative estimate of drug-likeness (QED) is 0.515. The molecule has 4 heteroatoms. The summed E-state index contributed by atoms with van der Waals surface area (Å²) >= 11 is 0. The fraction of sp³-hybridized carbons (Fsp3) is 0.296. The highest BCUT2D eigenvalue weighted by Crippen LogP contribution is 2.29. The van der Waals surface area contributed by atoms with E-state index in [4.69, 9.17) is 9.84 Å². The van der Waals surface area contributed by atoms with Gasteiger partial charge in [0.15, 0.2) is 0 Å². The Hall–Kier alpha value is -3.27. The number of hydrogen-bond acceptors (Lipinski definition) is 3. The van der Waals surface area contributed by atoms with Gasteiger partial charge in [0.25, 0.3) is 0 Å². The highest BCUT2D eigenvalue weighted by Gasteiger charge is 2.26. The summed E-state index contributed by atoms with van der Waals surface area (Å²) in [6.07, 6.45) is 2.16. The lowest BCUT2D eigenvalue weighted by Crippen LogP contribution is -2.31. The third-order valence-corrected chi connectivity index (χ3v) is 5.98. The van der Waals surface area contributed by atoms with Crippen LogP contribution in [0.15, 0.2) is 66.7 Å². The molecule has 160 valence electrons. The second kappa shape index (κ2) is 9.25. The Morgan fingerprint density at radius 2 is 1.87 bits per heavy atom. The Balaban J connectivity index is 1.39. The van der Waals surface area contributed by atoms with E-state index in [1.54, 1.807) is 0 Å². The molecule has 4 rings (SSSR count). The minimum Gasteiger partial charge on any atom is -0.489 e. The molecule has 0 aliphatic carbocycles. The standard InChI is InChI=1S/C27H29NO3/c1-19-5-3-6-22(15-19)26-13-8-21(16-20(26)2)18-31-25-11-9-23(10-12-25)28-14-4-7-24(28)17-27(29)30/h3,5-6,8-13,15-16,24H,4,7,14,17-18H2,1-2H3,(H,29,30). The van der Waals surface area contributed by atoms with Crippen molar-refractivity contribution in [3.8, 4) is 16.9 Å². The summed E-state index contributed by atoms with van der Waals surface area (Å²) < 4.78 is 6.01. The van der Waals surface area contributed by atoms with Crippen molar-refractivity contribution in [3.05, 3.63) is 83.4 Å². The van der Waals surface area contributed by atoms with Gasteiger partial charge in [-0.1, -0.05) is 48.0 Å². The number of rotatable bonds is 7. The molecule has 1 fully saturated rings. The summed E-state index contributed by atoms with van der Waals surface area (Å²) in [7, 11) is 0.